The highest BCUT2D eigenvalue weighted by Gasteiger charge is 2.08. The Balaban J connectivity index is 2.61. The van der Waals surface area contributed by atoms with Gasteiger partial charge in [-0.1, -0.05) is 19.9 Å². The highest BCUT2D eigenvalue weighted by atomic mass is 16.2. The molecule has 0 fully saturated rings. The van der Waals surface area contributed by atoms with E-state index in [0.717, 1.165) is 0 Å². The monoisotopic (exact) mass is 263 g/mol. The summed E-state index contributed by atoms with van der Waals surface area (Å²) >= 11 is 0. The van der Waals surface area contributed by atoms with E-state index in [-0.39, 0.29) is 17.7 Å². The van der Waals surface area contributed by atoms with Crippen molar-refractivity contribution < 1.29 is 9.59 Å². The maximum atomic E-state index is 11.6. The van der Waals surface area contributed by atoms with Crippen LogP contribution in [0.15, 0.2) is 24.3 Å². The highest BCUT2D eigenvalue weighted by molar-refractivity contribution is 5.94. The van der Waals surface area contributed by atoms with Gasteiger partial charge in [0.25, 0.3) is 0 Å². The molecule has 0 aliphatic rings. The number of nitrogens with two attached hydrogens (primary N) is 1. The number of hydrogen-bond acceptors (Lipinski definition) is 3. The van der Waals surface area contributed by atoms with Crippen LogP contribution in [0.2, 0.25) is 0 Å². The van der Waals surface area contributed by atoms with Gasteiger partial charge in [0.05, 0.1) is 0 Å². The summed E-state index contributed by atoms with van der Waals surface area (Å²) in [4.78, 5) is 23.1. The van der Waals surface area contributed by atoms with Crippen LogP contribution >= 0.6 is 0 Å². The van der Waals surface area contributed by atoms with Crippen molar-refractivity contribution in [2.24, 2.45) is 11.7 Å². The van der Waals surface area contributed by atoms with Crippen LogP contribution in [0.5, 0.6) is 0 Å². The van der Waals surface area contributed by atoms with Crippen LogP contribution in [-0.4, -0.2) is 18.4 Å². The van der Waals surface area contributed by atoms with Crippen LogP contribution in [0.25, 0.3) is 0 Å². The molecule has 0 saturated carbocycles. The molecule has 0 unspecified atom stereocenters. The molecule has 0 spiro atoms. The summed E-state index contributed by atoms with van der Waals surface area (Å²) in [5.41, 5.74) is 6.70. The van der Waals surface area contributed by atoms with Crippen LogP contribution < -0.4 is 16.4 Å². The molecular weight excluding hydrogens is 242 g/mol. The van der Waals surface area contributed by atoms with E-state index in [0.29, 0.717) is 30.8 Å². The Morgan fingerprint density at radius 3 is 2.42 bits per heavy atom. The summed E-state index contributed by atoms with van der Waals surface area (Å²) in [7, 11) is 0. The molecule has 19 heavy (non-hydrogen) atoms. The number of benzene rings is 1. The van der Waals surface area contributed by atoms with Crippen molar-refractivity contribution in [3.63, 3.8) is 0 Å². The smallest absolute Gasteiger partial charge is 0.226 e. The predicted octanol–water partition coefficient (Wildman–Crippen LogP) is 1.96. The molecule has 2 amide bonds. The van der Waals surface area contributed by atoms with E-state index < -0.39 is 0 Å². The minimum Gasteiger partial charge on any atom is -0.330 e. The molecule has 0 heterocycles. The molecule has 0 saturated heterocycles. The second-order valence-electron chi connectivity index (χ2n) is 4.67. The molecule has 0 bridgehead atoms. The van der Waals surface area contributed by atoms with Crippen LogP contribution in [0.1, 0.15) is 26.7 Å². The number of carbonyl (C=O) groups excluding carboxylic acids is 2. The van der Waals surface area contributed by atoms with Gasteiger partial charge in [0.2, 0.25) is 11.8 Å². The summed E-state index contributed by atoms with van der Waals surface area (Å²) in [5, 5.41) is 5.56. The highest BCUT2D eigenvalue weighted by Crippen LogP contribution is 2.16. The van der Waals surface area contributed by atoms with Crippen molar-refractivity contribution in [2.45, 2.75) is 26.7 Å². The third-order valence-corrected chi connectivity index (χ3v) is 2.55. The molecular formula is C14H21N3O2. The molecule has 1 rings (SSSR count). The fourth-order valence-corrected chi connectivity index (χ4v) is 1.45. The van der Waals surface area contributed by atoms with Gasteiger partial charge >= 0.3 is 0 Å². The summed E-state index contributed by atoms with van der Waals surface area (Å²) in [6, 6.07) is 7.09. The second kappa shape index (κ2) is 7.53. The number of carbonyl (C=O) groups is 2. The number of anilines is 2. The number of hydrogen-bond donors (Lipinski definition) is 3. The van der Waals surface area contributed by atoms with Crippen LogP contribution in [-0.2, 0) is 9.59 Å². The van der Waals surface area contributed by atoms with E-state index >= 15 is 0 Å². The zero-order valence-corrected chi connectivity index (χ0v) is 11.4. The van der Waals surface area contributed by atoms with Gasteiger partial charge in [-0.25, -0.2) is 0 Å². The minimum absolute atomic E-state index is 0.0494. The fraction of sp³-hybridized carbons (Fsp3) is 0.429. The van der Waals surface area contributed by atoms with Gasteiger partial charge < -0.3 is 16.4 Å². The number of rotatable bonds is 6. The molecule has 0 atom stereocenters. The Morgan fingerprint density at radius 1 is 1.21 bits per heavy atom. The molecule has 0 aliphatic heterocycles. The van der Waals surface area contributed by atoms with Gasteiger partial charge in [-0.2, -0.15) is 0 Å². The first-order valence-corrected chi connectivity index (χ1v) is 6.43. The van der Waals surface area contributed by atoms with E-state index in [1.54, 1.807) is 24.3 Å². The van der Waals surface area contributed by atoms with Crippen molar-refractivity contribution in [3.8, 4) is 0 Å². The molecule has 0 radical (unpaired) electrons. The van der Waals surface area contributed by atoms with Crippen molar-refractivity contribution in [3.05, 3.63) is 24.3 Å². The lowest BCUT2D eigenvalue weighted by atomic mass is 10.2. The lowest BCUT2D eigenvalue weighted by Crippen LogP contribution is -2.18. The van der Waals surface area contributed by atoms with E-state index in [2.05, 4.69) is 10.6 Å². The second-order valence-corrected chi connectivity index (χ2v) is 4.67. The van der Waals surface area contributed by atoms with Crippen molar-refractivity contribution in [2.75, 3.05) is 17.2 Å². The Morgan fingerprint density at radius 2 is 1.84 bits per heavy atom. The molecule has 1 aromatic rings. The average molecular weight is 263 g/mol. The fourth-order valence-electron chi connectivity index (χ4n) is 1.45. The SMILES string of the molecule is CC(C)C(=O)Nc1cccc(NC(=O)CCCN)c1. The van der Waals surface area contributed by atoms with Crippen molar-refractivity contribution in [1.29, 1.82) is 0 Å². The minimum atomic E-state index is -0.0807. The van der Waals surface area contributed by atoms with Gasteiger partial charge in [-0.05, 0) is 31.2 Å². The van der Waals surface area contributed by atoms with Crippen LogP contribution in [0, 0.1) is 5.92 Å². The largest absolute Gasteiger partial charge is 0.330 e. The first-order valence-electron chi connectivity index (χ1n) is 6.43. The Hall–Kier alpha value is -1.88. The van der Waals surface area contributed by atoms with Gasteiger partial charge in [0.1, 0.15) is 0 Å². The van der Waals surface area contributed by atoms with E-state index in [9.17, 15) is 9.59 Å². The number of nitrogens with one attached hydrogen (secondary N) is 2. The zero-order valence-electron chi connectivity index (χ0n) is 11.4. The van der Waals surface area contributed by atoms with Gasteiger partial charge in [-0.3, -0.25) is 9.59 Å². The van der Waals surface area contributed by atoms with E-state index in [4.69, 9.17) is 5.73 Å². The van der Waals surface area contributed by atoms with Gasteiger partial charge in [0.15, 0.2) is 0 Å². The summed E-state index contributed by atoms with van der Waals surface area (Å²) in [6.45, 7) is 4.15. The Bertz CT molecular complexity index is 444. The van der Waals surface area contributed by atoms with E-state index in [1.165, 1.54) is 0 Å². The first kappa shape index (κ1) is 15.2. The Kier molecular flexibility index (Phi) is 6.02. The third kappa shape index (κ3) is 5.52. The third-order valence-electron chi connectivity index (χ3n) is 2.55. The van der Waals surface area contributed by atoms with Crippen molar-refractivity contribution >= 4 is 23.2 Å². The molecule has 5 heteroatoms. The lowest BCUT2D eigenvalue weighted by Gasteiger charge is -2.10. The summed E-state index contributed by atoms with van der Waals surface area (Å²) < 4.78 is 0. The maximum absolute atomic E-state index is 11.6. The normalized spacial score (nSPS) is 10.3. The number of amides is 2. The summed E-state index contributed by atoms with van der Waals surface area (Å²) in [5.74, 6) is -0.202. The average Bonchev–Trinajstić information content (AvgIpc) is 2.36. The van der Waals surface area contributed by atoms with Crippen LogP contribution in [0.3, 0.4) is 0 Å². The topological polar surface area (TPSA) is 84.2 Å². The van der Waals surface area contributed by atoms with Crippen LogP contribution in [0.4, 0.5) is 11.4 Å². The lowest BCUT2D eigenvalue weighted by molar-refractivity contribution is -0.119. The molecule has 1 aromatic carbocycles. The molecule has 4 N–H and O–H groups in total. The molecule has 0 aliphatic carbocycles. The van der Waals surface area contributed by atoms with Gasteiger partial charge in [-0.15, -0.1) is 0 Å². The predicted molar refractivity (Wildman–Crippen MR) is 76.8 cm³/mol. The Labute approximate surface area is 113 Å². The van der Waals surface area contributed by atoms with Gasteiger partial charge in [0, 0.05) is 23.7 Å². The summed E-state index contributed by atoms with van der Waals surface area (Å²) in [6.07, 6.45) is 1.06. The quantitative estimate of drug-likeness (QED) is 0.733. The zero-order chi connectivity index (χ0) is 14.3. The van der Waals surface area contributed by atoms with Crippen molar-refractivity contribution in [1.82, 2.24) is 0 Å². The molecule has 5 nitrogen and oxygen atoms in total. The molecule has 0 aromatic heterocycles. The first-order chi connectivity index (χ1) is 9.02. The van der Waals surface area contributed by atoms with E-state index in [1.807, 2.05) is 13.8 Å². The maximum Gasteiger partial charge on any atom is 0.226 e. The standard InChI is InChI=1S/C14H21N3O2/c1-10(2)14(19)17-12-6-3-5-11(9-12)16-13(18)7-4-8-15/h3,5-6,9-10H,4,7-8,15H2,1-2H3,(H,16,18)(H,17,19). The molecule has 104 valence electrons.